The fourth-order valence-corrected chi connectivity index (χ4v) is 5.52. The van der Waals surface area contributed by atoms with Gasteiger partial charge in [0.25, 0.3) is 0 Å². The van der Waals surface area contributed by atoms with Crippen molar-refractivity contribution < 1.29 is 28.6 Å². The molecule has 3 aromatic rings. The molecular weight excluding hydrogens is 497 g/mol. The largest absolute Gasteiger partial charge is 0.421 e. The van der Waals surface area contributed by atoms with Crippen molar-refractivity contribution >= 4 is 36.0 Å². The Labute approximate surface area is 206 Å². The van der Waals surface area contributed by atoms with Crippen molar-refractivity contribution in [1.82, 2.24) is 19.5 Å². The maximum Gasteiger partial charge on any atom is 0.402 e. The van der Waals surface area contributed by atoms with Crippen LogP contribution in [0.25, 0.3) is 11.0 Å². The van der Waals surface area contributed by atoms with E-state index in [1.54, 1.807) is 6.07 Å². The van der Waals surface area contributed by atoms with Gasteiger partial charge >= 0.3 is 7.60 Å². The van der Waals surface area contributed by atoms with Crippen molar-refractivity contribution in [3.8, 4) is 5.75 Å². The summed E-state index contributed by atoms with van der Waals surface area (Å²) in [6.07, 6.45) is 7.00. The molecule has 1 saturated heterocycles. The van der Waals surface area contributed by atoms with Crippen LogP contribution >= 0.6 is 19.2 Å². The summed E-state index contributed by atoms with van der Waals surface area (Å²) in [5.41, 5.74) is 0.606. The Morgan fingerprint density at radius 3 is 2.89 bits per heavy atom. The molecule has 11 nitrogen and oxygen atoms in total. The summed E-state index contributed by atoms with van der Waals surface area (Å²) in [7, 11) is -4.05. The molecule has 0 radical (unpaired) electrons. The molecule has 0 bridgehead atoms. The molecule has 3 aromatic heterocycles. The number of rotatable bonds is 9. The van der Waals surface area contributed by atoms with Crippen molar-refractivity contribution in [2.45, 2.75) is 56.6 Å². The number of halogens is 1. The zero-order chi connectivity index (χ0) is 24.4. The van der Waals surface area contributed by atoms with Crippen LogP contribution in [0, 0.1) is 0 Å². The highest BCUT2D eigenvalue weighted by atomic mass is 35.5. The Morgan fingerprint density at radius 1 is 1.29 bits per heavy atom. The number of hydrogen-bond acceptors (Lipinski definition) is 9. The molecule has 1 unspecified atom stereocenters. The van der Waals surface area contributed by atoms with E-state index in [9.17, 15) is 14.6 Å². The molecule has 13 heteroatoms. The highest BCUT2D eigenvalue weighted by molar-refractivity contribution is 7.53. The van der Waals surface area contributed by atoms with Crippen LogP contribution in [0.15, 0.2) is 36.8 Å². The van der Waals surface area contributed by atoms with E-state index in [4.69, 9.17) is 25.6 Å². The van der Waals surface area contributed by atoms with Crippen LogP contribution < -0.4 is 9.84 Å². The molecule has 35 heavy (non-hydrogen) atoms. The summed E-state index contributed by atoms with van der Waals surface area (Å²) < 4.78 is 30.5. The number of pyridine rings is 1. The number of aliphatic hydroxyl groups excluding tert-OH is 1. The van der Waals surface area contributed by atoms with Gasteiger partial charge in [0.05, 0.1) is 24.3 Å². The van der Waals surface area contributed by atoms with Crippen LogP contribution in [-0.4, -0.2) is 60.7 Å². The van der Waals surface area contributed by atoms with Gasteiger partial charge in [0.2, 0.25) is 5.28 Å². The number of aliphatic hydroxyl groups is 1. The van der Waals surface area contributed by atoms with Gasteiger partial charge in [-0.05, 0) is 42.6 Å². The molecule has 4 atom stereocenters. The van der Waals surface area contributed by atoms with Crippen molar-refractivity contribution in [1.29, 1.82) is 0 Å². The molecule has 0 spiro atoms. The van der Waals surface area contributed by atoms with E-state index < -0.39 is 32.4 Å². The molecule has 188 valence electrons. The molecule has 1 saturated carbocycles. The molecule has 1 aliphatic carbocycles. The van der Waals surface area contributed by atoms with Crippen LogP contribution in [-0.2, 0) is 14.0 Å². The van der Waals surface area contributed by atoms with E-state index >= 15 is 0 Å². The van der Waals surface area contributed by atoms with Crippen molar-refractivity contribution in [2.24, 2.45) is 0 Å². The van der Waals surface area contributed by atoms with Gasteiger partial charge in [0, 0.05) is 24.9 Å². The van der Waals surface area contributed by atoms with E-state index in [2.05, 4.69) is 20.3 Å². The molecular formula is C22H27ClN5O6P. The van der Waals surface area contributed by atoms with E-state index in [-0.39, 0.29) is 17.6 Å². The number of anilines is 1. The summed E-state index contributed by atoms with van der Waals surface area (Å²) in [5.74, 6) is 0.859. The normalized spacial score (nSPS) is 24.6. The fraction of sp³-hybridized carbons (Fsp3) is 0.500. The Bertz CT molecular complexity index is 1210. The van der Waals surface area contributed by atoms with E-state index in [0.717, 1.165) is 18.2 Å². The van der Waals surface area contributed by atoms with Crippen molar-refractivity contribution in [3.63, 3.8) is 0 Å². The standard InChI is InChI=1S/C22H27ClN5O6P/c23-22-26-20(25-14-4-1-2-5-14)16-7-9-28(21(16)27-22)19-10-17(29)18(33-19)12-32-13-35(30,31)34-15-6-3-8-24-11-15/h3,6-9,11,14,17-19,29H,1-2,4-5,10,12-13H2,(H,30,31)(H,25,26,27)/t17-,18+,19+/m0/s1. The van der Waals surface area contributed by atoms with Gasteiger partial charge in [-0.15, -0.1) is 0 Å². The average molecular weight is 524 g/mol. The third-order valence-electron chi connectivity index (χ3n) is 6.17. The van der Waals surface area contributed by atoms with Gasteiger partial charge in [-0.1, -0.05) is 12.8 Å². The lowest BCUT2D eigenvalue weighted by Crippen LogP contribution is -2.26. The van der Waals surface area contributed by atoms with Gasteiger partial charge < -0.3 is 33.9 Å². The maximum atomic E-state index is 12.3. The quantitative estimate of drug-likeness (QED) is 0.280. The lowest BCUT2D eigenvalue weighted by atomic mass is 10.2. The molecule has 1 aliphatic heterocycles. The highest BCUT2D eigenvalue weighted by Gasteiger charge is 2.36. The molecule has 2 fully saturated rings. The predicted molar refractivity (Wildman–Crippen MR) is 128 cm³/mol. The smallest absolute Gasteiger partial charge is 0.402 e. The molecule has 0 aromatic carbocycles. The van der Waals surface area contributed by atoms with Crippen LogP contribution in [0.5, 0.6) is 5.75 Å². The molecule has 0 amide bonds. The second-order valence-electron chi connectivity index (χ2n) is 8.78. The highest BCUT2D eigenvalue weighted by Crippen LogP contribution is 2.42. The lowest BCUT2D eigenvalue weighted by Gasteiger charge is -2.18. The van der Waals surface area contributed by atoms with Crippen molar-refractivity contribution in [2.75, 3.05) is 18.3 Å². The molecule has 5 rings (SSSR count). The van der Waals surface area contributed by atoms with E-state index in [0.29, 0.717) is 23.9 Å². The number of ether oxygens (including phenoxy) is 2. The second-order valence-corrected chi connectivity index (χ2v) is 10.8. The fourth-order valence-electron chi connectivity index (χ4n) is 4.52. The Kier molecular flexibility index (Phi) is 7.24. The van der Waals surface area contributed by atoms with Crippen LogP contribution in [0.2, 0.25) is 5.28 Å². The monoisotopic (exact) mass is 523 g/mol. The zero-order valence-corrected chi connectivity index (χ0v) is 20.5. The Morgan fingerprint density at radius 2 is 2.11 bits per heavy atom. The number of nitrogens with one attached hydrogen (secondary N) is 1. The average Bonchev–Trinajstić information content (AvgIpc) is 3.55. The van der Waals surface area contributed by atoms with Crippen molar-refractivity contribution in [3.05, 3.63) is 42.1 Å². The SMILES string of the molecule is O=P(O)(COC[C@H]1O[C@@H](n2ccc3c(NC4CCCC4)nc(Cl)nc32)C[C@@H]1O)Oc1cccnc1. The predicted octanol–water partition coefficient (Wildman–Crippen LogP) is 3.72. The lowest BCUT2D eigenvalue weighted by molar-refractivity contribution is -0.0561. The summed E-state index contributed by atoms with van der Waals surface area (Å²) in [5, 5.41) is 15.0. The van der Waals surface area contributed by atoms with Gasteiger partial charge in [0.1, 0.15) is 29.5 Å². The Balaban J connectivity index is 1.22. The first kappa shape index (κ1) is 24.4. The molecule has 4 heterocycles. The van der Waals surface area contributed by atoms with Crippen LogP contribution in [0.1, 0.15) is 38.3 Å². The number of aromatic nitrogens is 4. The van der Waals surface area contributed by atoms with Gasteiger partial charge in [0.15, 0.2) is 6.35 Å². The summed E-state index contributed by atoms with van der Waals surface area (Å²) in [6.45, 7) is -0.0813. The Hall–Kier alpha value is -2.27. The third-order valence-corrected chi connectivity index (χ3v) is 7.35. The molecule has 3 N–H and O–H groups in total. The zero-order valence-electron chi connectivity index (χ0n) is 18.9. The minimum Gasteiger partial charge on any atom is -0.421 e. The van der Waals surface area contributed by atoms with Gasteiger partial charge in [-0.3, -0.25) is 4.98 Å². The second kappa shape index (κ2) is 10.4. The number of hydrogen-bond donors (Lipinski definition) is 3. The van der Waals surface area contributed by atoms with Crippen LogP contribution in [0.3, 0.4) is 0 Å². The minimum atomic E-state index is -4.05. The third kappa shape index (κ3) is 5.77. The van der Waals surface area contributed by atoms with E-state index in [1.165, 1.54) is 31.3 Å². The first-order chi connectivity index (χ1) is 16.9. The van der Waals surface area contributed by atoms with Gasteiger partial charge in [-0.2, -0.15) is 4.98 Å². The molecule has 2 aliphatic rings. The topological polar surface area (TPSA) is 141 Å². The van der Waals surface area contributed by atoms with Crippen LogP contribution in [0.4, 0.5) is 5.82 Å². The summed E-state index contributed by atoms with van der Waals surface area (Å²) >= 11 is 6.22. The minimum absolute atomic E-state index is 0.0813. The van der Waals surface area contributed by atoms with E-state index in [1.807, 2.05) is 16.8 Å². The first-order valence-electron chi connectivity index (χ1n) is 11.5. The summed E-state index contributed by atoms with van der Waals surface area (Å²) in [6, 6.07) is 5.38. The maximum absolute atomic E-state index is 12.3. The number of nitrogens with zero attached hydrogens (tertiary/aromatic N) is 4. The first-order valence-corrected chi connectivity index (χ1v) is 13.7. The van der Waals surface area contributed by atoms with Gasteiger partial charge in [-0.25, -0.2) is 9.55 Å². The summed E-state index contributed by atoms with van der Waals surface area (Å²) in [4.78, 5) is 22.6. The number of fused-ring (bicyclic) bond motifs is 1.